The molecule has 1 aliphatic heterocycles. The van der Waals surface area contributed by atoms with Crippen molar-refractivity contribution < 1.29 is 9.84 Å². The summed E-state index contributed by atoms with van der Waals surface area (Å²) in [4.78, 5) is 4.22. The van der Waals surface area contributed by atoms with E-state index in [0.717, 1.165) is 18.7 Å². The molecule has 12 heavy (non-hydrogen) atoms. The Balaban J connectivity index is 2.16. The number of nitrogens with zero attached hydrogens (tertiary/aromatic N) is 1. The van der Waals surface area contributed by atoms with Crippen molar-refractivity contribution >= 4 is 5.90 Å². The topological polar surface area (TPSA) is 41.8 Å². The number of rotatable bonds is 5. The van der Waals surface area contributed by atoms with Crippen LogP contribution in [0.1, 0.15) is 32.6 Å². The highest BCUT2D eigenvalue weighted by atomic mass is 16.5. The van der Waals surface area contributed by atoms with Crippen molar-refractivity contribution in [2.24, 2.45) is 4.99 Å². The predicted molar refractivity (Wildman–Crippen MR) is 48.4 cm³/mol. The molecule has 0 aromatic carbocycles. The normalized spacial score (nSPS) is 22.2. The average Bonchev–Trinajstić information content (AvgIpc) is 2.53. The van der Waals surface area contributed by atoms with Gasteiger partial charge in [0.05, 0.1) is 6.61 Å². The number of unbranched alkanes of at least 4 members (excludes halogenated alkanes) is 2. The van der Waals surface area contributed by atoms with Crippen LogP contribution in [0, 0.1) is 0 Å². The third-order valence-electron chi connectivity index (χ3n) is 1.97. The first-order valence-corrected chi connectivity index (χ1v) is 4.67. The molecule has 70 valence electrons. The van der Waals surface area contributed by atoms with Gasteiger partial charge in [0, 0.05) is 6.42 Å². The average molecular weight is 171 g/mol. The van der Waals surface area contributed by atoms with Gasteiger partial charge in [-0.15, -0.1) is 0 Å². The van der Waals surface area contributed by atoms with Crippen LogP contribution in [0.4, 0.5) is 0 Å². The molecule has 0 amide bonds. The lowest BCUT2D eigenvalue weighted by Crippen LogP contribution is -2.10. The van der Waals surface area contributed by atoms with Crippen molar-refractivity contribution in [1.82, 2.24) is 0 Å². The minimum absolute atomic E-state index is 0.00151. The molecule has 1 rings (SSSR count). The minimum atomic E-state index is 0.00151. The maximum atomic E-state index is 8.77. The minimum Gasteiger partial charge on any atom is -0.479 e. The molecule has 1 aliphatic rings. The summed E-state index contributed by atoms with van der Waals surface area (Å²) in [6.07, 6.45) is 4.53. The number of aliphatic imine (C=N–C) groups is 1. The van der Waals surface area contributed by atoms with Crippen LogP contribution in [0.15, 0.2) is 4.99 Å². The van der Waals surface area contributed by atoms with Crippen molar-refractivity contribution in [1.29, 1.82) is 0 Å². The van der Waals surface area contributed by atoms with Crippen LogP contribution in [0.2, 0.25) is 0 Å². The van der Waals surface area contributed by atoms with E-state index in [-0.39, 0.29) is 12.6 Å². The van der Waals surface area contributed by atoms with Crippen LogP contribution in [-0.4, -0.2) is 30.3 Å². The SMILES string of the molecule is CCCCCC1=N[C@H](CO)CO1. The molecule has 0 saturated heterocycles. The molecule has 0 unspecified atom stereocenters. The Morgan fingerprint density at radius 1 is 1.58 bits per heavy atom. The van der Waals surface area contributed by atoms with Gasteiger partial charge in [-0.2, -0.15) is 0 Å². The van der Waals surface area contributed by atoms with Crippen molar-refractivity contribution in [3.63, 3.8) is 0 Å². The van der Waals surface area contributed by atoms with Crippen LogP contribution >= 0.6 is 0 Å². The van der Waals surface area contributed by atoms with E-state index in [4.69, 9.17) is 9.84 Å². The Morgan fingerprint density at radius 3 is 3.00 bits per heavy atom. The van der Waals surface area contributed by atoms with Gasteiger partial charge in [-0.3, -0.25) is 0 Å². The molecule has 0 saturated carbocycles. The lowest BCUT2D eigenvalue weighted by Gasteiger charge is -1.99. The molecule has 0 aromatic rings. The number of hydrogen-bond acceptors (Lipinski definition) is 3. The second kappa shape index (κ2) is 5.14. The maximum Gasteiger partial charge on any atom is 0.183 e. The van der Waals surface area contributed by atoms with Crippen LogP contribution in [0.5, 0.6) is 0 Å². The van der Waals surface area contributed by atoms with E-state index < -0.39 is 0 Å². The fraction of sp³-hybridized carbons (Fsp3) is 0.889. The monoisotopic (exact) mass is 171 g/mol. The van der Waals surface area contributed by atoms with Gasteiger partial charge < -0.3 is 9.84 Å². The second-order valence-corrected chi connectivity index (χ2v) is 3.13. The highest BCUT2D eigenvalue weighted by Crippen LogP contribution is 2.09. The molecule has 0 aromatic heterocycles. The summed E-state index contributed by atoms with van der Waals surface area (Å²) >= 11 is 0. The van der Waals surface area contributed by atoms with E-state index >= 15 is 0 Å². The standard InChI is InChI=1S/C9H17NO2/c1-2-3-4-5-9-10-8(6-11)7-12-9/h8,11H,2-7H2,1H3/t8-/m1/s1. The van der Waals surface area contributed by atoms with Crippen molar-refractivity contribution in [3.05, 3.63) is 0 Å². The Bertz CT molecular complexity index is 157. The van der Waals surface area contributed by atoms with Gasteiger partial charge >= 0.3 is 0 Å². The van der Waals surface area contributed by atoms with Crippen molar-refractivity contribution in [2.45, 2.75) is 38.6 Å². The fourth-order valence-corrected chi connectivity index (χ4v) is 1.23. The number of aliphatic hydroxyl groups excluding tert-OH is 1. The summed E-state index contributed by atoms with van der Waals surface area (Å²) < 4.78 is 5.29. The van der Waals surface area contributed by atoms with Crippen LogP contribution in [0.3, 0.4) is 0 Å². The number of hydrogen-bond donors (Lipinski definition) is 1. The predicted octanol–water partition coefficient (Wildman–Crippen LogP) is 1.36. The summed E-state index contributed by atoms with van der Waals surface area (Å²) in [6, 6.07) is 0.00151. The highest BCUT2D eigenvalue weighted by Gasteiger charge is 2.16. The molecule has 0 radical (unpaired) electrons. The zero-order valence-corrected chi connectivity index (χ0v) is 7.62. The molecule has 0 spiro atoms. The third-order valence-corrected chi connectivity index (χ3v) is 1.97. The summed E-state index contributed by atoms with van der Waals surface area (Å²) in [5, 5.41) is 8.77. The first-order valence-electron chi connectivity index (χ1n) is 4.67. The van der Waals surface area contributed by atoms with E-state index in [1.54, 1.807) is 0 Å². The molecule has 1 atom stereocenters. The molecule has 1 heterocycles. The highest BCUT2D eigenvalue weighted by molar-refractivity contribution is 5.77. The van der Waals surface area contributed by atoms with Crippen molar-refractivity contribution in [2.75, 3.05) is 13.2 Å². The summed E-state index contributed by atoms with van der Waals surface area (Å²) in [6.45, 7) is 2.85. The summed E-state index contributed by atoms with van der Waals surface area (Å²) in [7, 11) is 0. The van der Waals surface area contributed by atoms with Gasteiger partial charge in [0.25, 0.3) is 0 Å². The number of aliphatic hydroxyl groups is 1. The summed E-state index contributed by atoms with van der Waals surface area (Å²) in [5.74, 6) is 0.836. The van der Waals surface area contributed by atoms with Crippen molar-refractivity contribution in [3.8, 4) is 0 Å². The molecule has 0 fully saturated rings. The molecule has 0 bridgehead atoms. The van der Waals surface area contributed by atoms with Gasteiger partial charge in [-0.25, -0.2) is 4.99 Å². The van der Waals surface area contributed by atoms with Gasteiger partial charge in [0.1, 0.15) is 12.6 Å². The molecule has 3 nitrogen and oxygen atoms in total. The number of ether oxygens (including phenoxy) is 1. The Kier molecular flexibility index (Phi) is 4.08. The largest absolute Gasteiger partial charge is 0.479 e. The van der Waals surface area contributed by atoms with Gasteiger partial charge in [-0.1, -0.05) is 19.8 Å². The Hall–Kier alpha value is -0.570. The second-order valence-electron chi connectivity index (χ2n) is 3.13. The smallest absolute Gasteiger partial charge is 0.183 e. The zero-order chi connectivity index (χ0) is 8.81. The molecular weight excluding hydrogens is 154 g/mol. The van der Waals surface area contributed by atoms with E-state index in [2.05, 4.69) is 11.9 Å². The van der Waals surface area contributed by atoms with Gasteiger partial charge in [0.2, 0.25) is 0 Å². The van der Waals surface area contributed by atoms with Crippen LogP contribution in [-0.2, 0) is 4.74 Å². The quantitative estimate of drug-likeness (QED) is 0.634. The summed E-state index contributed by atoms with van der Waals surface area (Å²) in [5.41, 5.74) is 0. The van der Waals surface area contributed by atoms with Crippen LogP contribution in [0.25, 0.3) is 0 Å². The molecule has 3 heteroatoms. The molecule has 1 N–H and O–H groups in total. The first kappa shape index (κ1) is 9.52. The maximum absolute atomic E-state index is 8.77. The van der Waals surface area contributed by atoms with E-state index in [0.29, 0.717) is 6.61 Å². The lowest BCUT2D eigenvalue weighted by molar-refractivity contribution is 0.226. The zero-order valence-electron chi connectivity index (χ0n) is 7.62. The van der Waals surface area contributed by atoms with E-state index in [1.165, 1.54) is 12.8 Å². The van der Waals surface area contributed by atoms with Crippen LogP contribution < -0.4 is 0 Å². The Labute approximate surface area is 73.5 Å². The van der Waals surface area contributed by atoms with E-state index in [1.807, 2.05) is 0 Å². The molecule has 0 aliphatic carbocycles. The lowest BCUT2D eigenvalue weighted by atomic mass is 10.2. The first-order chi connectivity index (χ1) is 5.86. The Morgan fingerprint density at radius 2 is 2.42 bits per heavy atom. The third kappa shape index (κ3) is 2.81. The molecular formula is C9H17NO2. The fourth-order valence-electron chi connectivity index (χ4n) is 1.23. The van der Waals surface area contributed by atoms with Gasteiger partial charge in [0.15, 0.2) is 5.90 Å². The van der Waals surface area contributed by atoms with Gasteiger partial charge in [-0.05, 0) is 6.42 Å². The van der Waals surface area contributed by atoms with E-state index in [9.17, 15) is 0 Å².